The summed E-state index contributed by atoms with van der Waals surface area (Å²) in [5, 5.41) is 2.91. The molecule has 1 fully saturated rings. The van der Waals surface area contributed by atoms with Crippen LogP contribution in [0.2, 0.25) is 0 Å². The Hall–Kier alpha value is -1.53. The zero-order chi connectivity index (χ0) is 15.8. The predicted molar refractivity (Wildman–Crippen MR) is 82.6 cm³/mol. The molecule has 0 unspecified atom stereocenters. The van der Waals surface area contributed by atoms with Gasteiger partial charge in [0.1, 0.15) is 5.76 Å². The summed E-state index contributed by atoms with van der Waals surface area (Å²) < 4.78 is 15.8. The van der Waals surface area contributed by atoms with Crippen molar-refractivity contribution in [3.8, 4) is 0 Å². The third kappa shape index (κ3) is 5.03. The van der Waals surface area contributed by atoms with Crippen LogP contribution in [0, 0.1) is 5.41 Å². The van der Waals surface area contributed by atoms with E-state index in [4.69, 9.17) is 13.9 Å². The number of carbonyl (C=O) groups is 1. The van der Waals surface area contributed by atoms with Crippen LogP contribution >= 0.6 is 0 Å². The molecule has 22 heavy (non-hydrogen) atoms. The molecule has 1 saturated heterocycles. The minimum atomic E-state index is -0.0823. The summed E-state index contributed by atoms with van der Waals surface area (Å²) >= 11 is 0. The van der Waals surface area contributed by atoms with Crippen molar-refractivity contribution < 1.29 is 18.7 Å². The van der Waals surface area contributed by atoms with Gasteiger partial charge in [-0.25, -0.2) is 4.79 Å². The van der Waals surface area contributed by atoms with E-state index in [0.717, 1.165) is 31.8 Å². The summed E-state index contributed by atoms with van der Waals surface area (Å²) in [6.07, 6.45) is 3.55. The number of methoxy groups -OCH3 is 1. The smallest absolute Gasteiger partial charge is 0.317 e. The SMILES string of the molecule is COCCN(CC1(C)CCOCC1)C(=O)NCc1ccco1. The molecular weight excluding hydrogens is 284 g/mol. The summed E-state index contributed by atoms with van der Waals surface area (Å²) in [6.45, 7) is 5.97. The summed E-state index contributed by atoms with van der Waals surface area (Å²) in [7, 11) is 1.65. The van der Waals surface area contributed by atoms with Gasteiger partial charge < -0.3 is 24.1 Å². The van der Waals surface area contributed by atoms with Gasteiger partial charge in [-0.2, -0.15) is 0 Å². The number of amides is 2. The van der Waals surface area contributed by atoms with Gasteiger partial charge in [0.25, 0.3) is 0 Å². The number of ether oxygens (including phenoxy) is 2. The predicted octanol–water partition coefficient (Wildman–Crippen LogP) is 2.25. The molecule has 124 valence electrons. The summed E-state index contributed by atoms with van der Waals surface area (Å²) in [5.74, 6) is 0.748. The average Bonchev–Trinajstić information content (AvgIpc) is 3.03. The highest BCUT2D eigenvalue weighted by Crippen LogP contribution is 2.30. The maximum absolute atomic E-state index is 12.4. The molecule has 1 aromatic heterocycles. The lowest BCUT2D eigenvalue weighted by atomic mass is 9.82. The van der Waals surface area contributed by atoms with Crippen LogP contribution in [0.25, 0.3) is 0 Å². The molecule has 2 heterocycles. The van der Waals surface area contributed by atoms with Crippen LogP contribution in [0.3, 0.4) is 0 Å². The van der Waals surface area contributed by atoms with Gasteiger partial charge in [0.05, 0.1) is 19.4 Å². The largest absolute Gasteiger partial charge is 0.467 e. The van der Waals surface area contributed by atoms with Crippen LogP contribution in [-0.4, -0.2) is 51.0 Å². The Labute approximate surface area is 131 Å². The maximum atomic E-state index is 12.4. The van der Waals surface area contributed by atoms with Crippen molar-refractivity contribution >= 4 is 6.03 Å². The van der Waals surface area contributed by atoms with E-state index >= 15 is 0 Å². The van der Waals surface area contributed by atoms with Crippen molar-refractivity contribution in [2.75, 3.05) is 40.0 Å². The summed E-state index contributed by atoms with van der Waals surface area (Å²) in [5.41, 5.74) is 0.105. The monoisotopic (exact) mass is 310 g/mol. The fourth-order valence-electron chi connectivity index (χ4n) is 2.62. The molecule has 6 nitrogen and oxygen atoms in total. The summed E-state index contributed by atoms with van der Waals surface area (Å²) in [6, 6.07) is 3.58. The van der Waals surface area contributed by atoms with Crippen LogP contribution in [0.4, 0.5) is 4.79 Å². The molecule has 0 atom stereocenters. The molecule has 2 rings (SSSR count). The van der Waals surface area contributed by atoms with E-state index in [9.17, 15) is 4.79 Å². The fourth-order valence-corrected chi connectivity index (χ4v) is 2.62. The second-order valence-corrected chi connectivity index (χ2v) is 6.08. The van der Waals surface area contributed by atoms with E-state index in [1.165, 1.54) is 0 Å². The normalized spacial score (nSPS) is 17.2. The number of hydrogen-bond acceptors (Lipinski definition) is 4. The molecule has 0 radical (unpaired) electrons. The Morgan fingerprint density at radius 3 is 2.86 bits per heavy atom. The Morgan fingerprint density at radius 1 is 1.45 bits per heavy atom. The van der Waals surface area contributed by atoms with Crippen molar-refractivity contribution in [1.82, 2.24) is 10.2 Å². The van der Waals surface area contributed by atoms with Crippen LogP contribution in [-0.2, 0) is 16.0 Å². The molecule has 2 amide bonds. The molecule has 0 aromatic carbocycles. The van der Waals surface area contributed by atoms with Crippen molar-refractivity contribution in [2.45, 2.75) is 26.3 Å². The first-order chi connectivity index (χ1) is 10.6. The molecular formula is C16H26N2O4. The number of furan rings is 1. The first-order valence-electron chi connectivity index (χ1n) is 7.75. The topological polar surface area (TPSA) is 63.9 Å². The van der Waals surface area contributed by atoms with E-state index in [-0.39, 0.29) is 11.4 Å². The van der Waals surface area contributed by atoms with Crippen molar-refractivity contribution in [3.05, 3.63) is 24.2 Å². The highest BCUT2D eigenvalue weighted by molar-refractivity contribution is 5.74. The first-order valence-corrected chi connectivity index (χ1v) is 7.75. The molecule has 1 aliphatic rings. The molecule has 0 spiro atoms. The molecule has 6 heteroatoms. The zero-order valence-corrected chi connectivity index (χ0v) is 13.5. The molecule has 0 bridgehead atoms. The molecule has 0 aliphatic carbocycles. The van der Waals surface area contributed by atoms with Gasteiger partial charge in [-0.15, -0.1) is 0 Å². The molecule has 1 aromatic rings. The minimum Gasteiger partial charge on any atom is -0.467 e. The Balaban J connectivity index is 1.90. The van der Waals surface area contributed by atoms with Gasteiger partial charge in [0.15, 0.2) is 0 Å². The first kappa shape index (κ1) is 16.8. The average molecular weight is 310 g/mol. The quantitative estimate of drug-likeness (QED) is 0.839. The van der Waals surface area contributed by atoms with Crippen molar-refractivity contribution in [1.29, 1.82) is 0 Å². The highest BCUT2D eigenvalue weighted by Gasteiger charge is 2.31. The Morgan fingerprint density at radius 2 is 2.23 bits per heavy atom. The standard InChI is InChI=1S/C16H26N2O4/c1-16(5-9-21-10-6-16)13-18(7-11-20-2)15(19)17-12-14-4-3-8-22-14/h3-4,8H,5-7,9-13H2,1-2H3,(H,17,19). The number of carbonyl (C=O) groups excluding carboxylic acids is 1. The van der Waals surface area contributed by atoms with E-state index in [1.807, 2.05) is 17.0 Å². The lowest BCUT2D eigenvalue weighted by Gasteiger charge is -2.38. The zero-order valence-electron chi connectivity index (χ0n) is 13.5. The van der Waals surface area contributed by atoms with Gasteiger partial charge >= 0.3 is 6.03 Å². The van der Waals surface area contributed by atoms with Crippen LogP contribution < -0.4 is 5.32 Å². The van der Waals surface area contributed by atoms with E-state index in [2.05, 4.69) is 12.2 Å². The van der Waals surface area contributed by atoms with E-state index in [0.29, 0.717) is 26.2 Å². The van der Waals surface area contributed by atoms with Crippen LogP contribution in [0.1, 0.15) is 25.5 Å². The van der Waals surface area contributed by atoms with E-state index < -0.39 is 0 Å². The highest BCUT2D eigenvalue weighted by atomic mass is 16.5. The van der Waals surface area contributed by atoms with Gasteiger partial charge in [0.2, 0.25) is 0 Å². The van der Waals surface area contributed by atoms with Crippen molar-refractivity contribution in [3.63, 3.8) is 0 Å². The van der Waals surface area contributed by atoms with E-state index in [1.54, 1.807) is 13.4 Å². The lowest BCUT2D eigenvalue weighted by molar-refractivity contribution is 0.00802. The van der Waals surface area contributed by atoms with Crippen LogP contribution in [0.5, 0.6) is 0 Å². The second kappa shape index (κ2) is 8.19. The number of hydrogen-bond donors (Lipinski definition) is 1. The van der Waals surface area contributed by atoms with Crippen LogP contribution in [0.15, 0.2) is 22.8 Å². The van der Waals surface area contributed by atoms with Gasteiger partial charge in [-0.1, -0.05) is 6.92 Å². The molecule has 1 N–H and O–H groups in total. The van der Waals surface area contributed by atoms with Crippen molar-refractivity contribution in [2.24, 2.45) is 5.41 Å². The Bertz CT molecular complexity index is 441. The number of nitrogens with one attached hydrogen (secondary N) is 1. The molecule has 0 saturated carbocycles. The van der Waals surface area contributed by atoms with Gasteiger partial charge in [0, 0.05) is 33.4 Å². The number of rotatable bonds is 7. The minimum absolute atomic E-state index is 0.0823. The fraction of sp³-hybridized carbons (Fsp3) is 0.688. The molecule has 1 aliphatic heterocycles. The maximum Gasteiger partial charge on any atom is 0.317 e. The van der Waals surface area contributed by atoms with Gasteiger partial charge in [-0.05, 0) is 30.4 Å². The lowest BCUT2D eigenvalue weighted by Crippen LogP contribution is -2.47. The second-order valence-electron chi connectivity index (χ2n) is 6.08. The Kier molecular flexibility index (Phi) is 6.27. The van der Waals surface area contributed by atoms with Gasteiger partial charge in [-0.3, -0.25) is 0 Å². The third-order valence-corrected chi connectivity index (χ3v) is 4.12. The number of urea groups is 1. The third-order valence-electron chi connectivity index (χ3n) is 4.12. The number of nitrogens with zero attached hydrogens (tertiary/aromatic N) is 1. The summed E-state index contributed by atoms with van der Waals surface area (Å²) in [4.78, 5) is 14.3.